The summed E-state index contributed by atoms with van der Waals surface area (Å²) >= 11 is 0. The van der Waals surface area contributed by atoms with Crippen molar-refractivity contribution < 1.29 is 4.42 Å². The molecule has 0 bridgehead atoms. The van der Waals surface area contributed by atoms with E-state index in [4.69, 9.17) is 25.9 Å². The maximum atomic E-state index is 6.71. The standard InChI is InChI=1S/C44H27N3O/c1-26-27(2)44(35-19-11-9-17-31(35)32-18-10-12-20-36(32)44)37-23-22-33-34-25-30(21-24-38(34)48-40(33)39(26)37)43-46-41(28-13-5-3-6-14-28)45-42(47-43)29-15-7-4-8-16-29/h3-25H,1-2H2. The SMILES string of the molecule is C=C1C(=C)C2(c3ccccc3-c3ccccc32)c2ccc3c(oc4ccc(-c5nc(-c6ccccc6)nc(-c6ccccc6)n5)cc43)c21. The van der Waals surface area contributed by atoms with Crippen molar-refractivity contribution in [3.63, 3.8) is 0 Å². The van der Waals surface area contributed by atoms with Gasteiger partial charge in [-0.2, -0.15) is 0 Å². The molecule has 4 nitrogen and oxygen atoms in total. The van der Waals surface area contributed by atoms with E-state index in [1.807, 2.05) is 72.8 Å². The monoisotopic (exact) mass is 613 g/mol. The molecule has 2 aliphatic carbocycles. The lowest BCUT2D eigenvalue weighted by Crippen LogP contribution is -2.25. The van der Waals surface area contributed by atoms with Crippen LogP contribution in [-0.2, 0) is 5.41 Å². The van der Waals surface area contributed by atoms with E-state index in [9.17, 15) is 0 Å². The highest BCUT2D eigenvalue weighted by molar-refractivity contribution is 6.13. The molecule has 2 aromatic heterocycles. The first-order chi connectivity index (χ1) is 23.6. The highest BCUT2D eigenvalue weighted by Crippen LogP contribution is 2.64. The first-order valence-corrected chi connectivity index (χ1v) is 16.1. The topological polar surface area (TPSA) is 51.8 Å². The number of benzene rings is 6. The Hall–Kier alpha value is -6.39. The quantitative estimate of drug-likeness (QED) is 0.199. The zero-order valence-corrected chi connectivity index (χ0v) is 25.9. The maximum Gasteiger partial charge on any atom is 0.164 e. The summed E-state index contributed by atoms with van der Waals surface area (Å²) in [6.45, 7) is 9.32. The van der Waals surface area contributed by atoms with E-state index in [2.05, 4.69) is 73.3 Å². The van der Waals surface area contributed by atoms with Crippen molar-refractivity contribution in [1.82, 2.24) is 15.0 Å². The van der Waals surface area contributed by atoms with E-state index in [-0.39, 0.29) is 0 Å². The van der Waals surface area contributed by atoms with Crippen molar-refractivity contribution in [2.75, 3.05) is 0 Å². The minimum atomic E-state index is -0.509. The molecule has 48 heavy (non-hydrogen) atoms. The first-order valence-electron chi connectivity index (χ1n) is 16.1. The van der Waals surface area contributed by atoms with Crippen LogP contribution in [0.3, 0.4) is 0 Å². The predicted molar refractivity (Wildman–Crippen MR) is 193 cm³/mol. The molecule has 224 valence electrons. The van der Waals surface area contributed by atoms with Crippen LogP contribution in [0.5, 0.6) is 0 Å². The van der Waals surface area contributed by atoms with Gasteiger partial charge >= 0.3 is 0 Å². The molecule has 0 radical (unpaired) electrons. The van der Waals surface area contributed by atoms with Gasteiger partial charge in [0.15, 0.2) is 17.5 Å². The molecule has 0 fully saturated rings. The number of hydrogen-bond donors (Lipinski definition) is 0. The van der Waals surface area contributed by atoms with Crippen LogP contribution in [0, 0.1) is 0 Å². The van der Waals surface area contributed by atoms with Gasteiger partial charge in [0.1, 0.15) is 11.2 Å². The van der Waals surface area contributed by atoms with E-state index in [0.29, 0.717) is 17.5 Å². The van der Waals surface area contributed by atoms with Crippen molar-refractivity contribution in [1.29, 1.82) is 0 Å². The first kappa shape index (κ1) is 26.8. The van der Waals surface area contributed by atoms with Gasteiger partial charge in [0.05, 0.1) is 5.41 Å². The number of hydrogen-bond acceptors (Lipinski definition) is 4. The molecule has 0 saturated heterocycles. The minimum absolute atomic E-state index is 0.509. The molecule has 2 aliphatic rings. The van der Waals surface area contributed by atoms with Crippen LogP contribution >= 0.6 is 0 Å². The Labute approximate surface area is 277 Å². The fourth-order valence-corrected chi connectivity index (χ4v) is 7.92. The molecule has 0 unspecified atom stereocenters. The Morgan fingerprint density at radius 3 is 1.62 bits per heavy atom. The molecule has 0 N–H and O–H groups in total. The summed E-state index contributed by atoms with van der Waals surface area (Å²) in [5.74, 6) is 1.87. The summed E-state index contributed by atoms with van der Waals surface area (Å²) in [5.41, 5.74) is 13.0. The van der Waals surface area contributed by atoms with Crippen molar-refractivity contribution >= 4 is 27.5 Å². The van der Waals surface area contributed by atoms with Crippen LogP contribution < -0.4 is 0 Å². The van der Waals surface area contributed by atoms with Crippen LogP contribution in [0.1, 0.15) is 22.3 Å². The van der Waals surface area contributed by atoms with E-state index in [1.54, 1.807) is 0 Å². The normalized spacial score (nSPS) is 14.1. The van der Waals surface area contributed by atoms with Crippen molar-refractivity contribution in [2.24, 2.45) is 0 Å². The molecular formula is C44H27N3O. The summed E-state index contributed by atoms with van der Waals surface area (Å²) in [6, 6.07) is 48.1. The van der Waals surface area contributed by atoms with Crippen LogP contribution in [0.15, 0.2) is 163 Å². The summed E-state index contributed by atoms with van der Waals surface area (Å²) in [7, 11) is 0. The van der Waals surface area contributed by atoms with Gasteiger partial charge < -0.3 is 4.42 Å². The van der Waals surface area contributed by atoms with E-state index in [1.165, 1.54) is 27.8 Å². The number of allylic oxidation sites excluding steroid dienone is 2. The Morgan fingerprint density at radius 2 is 1.02 bits per heavy atom. The second-order valence-electron chi connectivity index (χ2n) is 12.5. The molecule has 0 aliphatic heterocycles. The van der Waals surface area contributed by atoms with Crippen LogP contribution in [0.4, 0.5) is 0 Å². The number of rotatable bonds is 3. The lowest BCUT2D eigenvalue weighted by atomic mass is 9.71. The Kier molecular flexibility index (Phi) is 5.47. The largest absolute Gasteiger partial charge is 0.455 e. The van der Waals surface area contributed by atoms with Gasteiger partial charge in [0, 0.05) is 33.0 Å². The molecule has 10 rings (SSSR count). The second kappa shape index (κ2) is 9.81. The average Bonchev–Trinajstić information content (AvgIpc) is 3.75. The minimum Gasteiger partial charge on any atom is -0.455 e. The molecule has 0 saturated carbocycles. The number of furan rings is 1. The van der Waals surface area contributed by atoms with Crippen molar-refractivity contribution in [3.05, 3.63) is 181 Å². The Morgan fingerprint density at radius 1 is 0.479 bits per heavy atom. The summed E-state index contributed by atoms with van der Waals surface area (Å²) in [6.07, 6.45) is 0. The van der Waals surface area contributed by atoms with E-state index in [0.717, 1.165) is 55.3 Å². The maximum absolute atomic E-state index is 6.71. The molecule has 8 aromatic rings. The fourth-order valence-electron chi connectivity index (χ4n) is 7.92. The number of aromatic nitrogens is 3. The average molecular weight is 614 g/mol. The van der Waals surface area contributed by atoms with Gasteiger partial charge in [-0.3, -0.25) is 0 Å². The smallest absolute Gasteiger partial charge is 0.164 e. The number of fused-ring (bicyclic) bond motifs is 11. The van der Waals surface area contributed by atoms with Crippen LogP contribution in [0.2, 0.25) is 0 Å². The fraction of sp³-hybridized carbons (Fsp3) is 0.0227. The third kappa shape index (κ3) is 3.52. The Bertz CT molecular complexity index is 2550. The van der Waals surface area contributed by atoms with Crippen molar-refractivity contribution in [3.8, 4) is 45.3 Å². The van der Waals surface area contributed by atoms with Gasteiger partial charge in [-0.1, -0.05) is 134 Å². The number of nitrogens with zero attached hydrogens (tertiary/aromatic N) is 3. The highest BCUT2D eigenvalue weighted by Gasteiger charge is 2.53. The molecule has 2 heterocycles. The second-order valence-corrected chi connectivity index (χ2v) is 12.5. The van der Waals surface area contributed by atoms with Crippen molar-refractivity contribution in [2.45, 2.75) is 5.41 Å². The van der Waals surface area contributed by atoms with Gasteiger partial charge in [-0.25, -0.2) is 15.0 Å². The summed E-state index contributed by atoms with van der Waals surface area (Å²) < 4.78 is 6.71. The predicted octanol–water partition coefficient (Wildman–Crippen LogP) is 10.7. The molecule has 1 spiro atoms. The molecule has 0 amide bonds. The Balaban J connectivity index is 1.18. The van der Waals surface area contributed by atoms with Crippen LogP contribution in [-0.4, -0.2) is 15.0 Å². The molecule has 6 aromatic carbocycles. The van der Waals surface area contributed by atoms with Gasteiger partial charge in [0.25, 0.3) is 0 Å². The van der Waals surface area contributed by atoms with E-state index < -0.39 is 5.41 Å². The van der Waals surface area contributed by atoms with Gasteiger partial charge in [-0.05, 0) is 57.2 Å². The highest BCUT2D eigenvalue weighted by atomic mass is 16.3. The third-order valence-electron chi connectivity index (χ3n) is 10.1. The molecular weight excluding hydrogens is 587 g/mol. The lowest BCUT2D eigenvalue weighted by Gasteiger charge is -2.30. The summed E-state index contributed by atoms with van der Waals surface area (Å²) in [4.78, 5) is 14.8. The lowest BCUT2D eigenvalue weighted by molar-refractivity contribution is 0.666. The van der Waals surface area contributed by atoms with Gasteiger partial charge in [0.2, 0.25) is 0 Å². The van der Waals surface area contributed by atoms with Crippen LogP contribution in [0.25, 0.3) is 72.8 Å². The zero-order valence-electron chi connectivity index (χ0n) is 25.9. The van der Waals surface area contributed by atoms with E-state index >= 15 is 0 Å². The zero-order chi connectivity index (χ0) is 32.0. The molecule has 0 atom stereocenters. The summed E-state index contributed by atoms with van der Waals surface area (Å²) in [5, 5.41) is 2.02. The van der Waals surface area contributed by atoms with Gasteiger partial charge in [-0.15, -0.1) is 0 Å². The molecule has 4 heteroatoms. The third-order valence-corrected chi connectivity index (χ3v) is 10.1.